The van der Waals surface area contributed by atoms with Gasteiger partial charge in [-0.05, 0) is 48.7 Å². The minimum Gasteiger partial charge on any atom is -0.357 e. The van der Waals surface area contributed by atoms with Crippen molar-refractivity contribution < 1.29 is 9.18 Å². The van der Waals surface area contributed by atoms with E-state index in [0.29, 0.717) is 36.7 Å². The van der Waals surface area contributed by atoms with Crippen LogP contribution in [0.1, 0.15) is 34.0 Å². The molecule has 138 valence electrons. The van der Waals surface area contributed by atoms with Crippen LogP contribution in [-0.2, 0) is 13.1 Å². The van der Waals surface area contributed by atoms with Crippen molar-refractivity contribution in [2.45, 2.75) is 26.9 Å². The SMILES string of the molecule is CCNC(=NCc1cccc(C(=O)NC)c1)NCc1ccc(C)c(F)c1. The summed E-state index contributed by atoms with van der Waals surface area (Å²) in [4.78, 5) is 16.2. The minimum absolute atomic E-state index is 0.123. The number of rotatable bonds is 6. The van der Waals surface area contributed by atoms with Crippen LogP contribution in [0.5, 0.6) is 0 Å². The Bertz CT molecular complexity index is 789. The van der Waals surface area contributed by atoms with Gasteiger partial charge in [0.15, 0.2) is 5.96 Å². The van der Waals surface area contributed by atoms with E-state index in [2.05, 4.69) is 20.9 Å². The fourth-order valence-electron chi connectivity index (χ4n) is 2.40. The zero-order valence-corrected chi connectivity index (χ0v) is 15.4. The standard InChI is InChI=1S/C20H25FN4O/c1-4-23-20(25-13-16-9-8-14(2)18(21)11-16)24-12-15-6-5-7-17(10-15)19(26)22-3/h5-11H,4,12-13H2,1-3H3,(H,22,26)(H2,23,24,25). The summed E-state index contributed by atoms with van der Waals surface area (Å²) in [6.07, 6.45) is 0. The van der Waals surface area contributed by atoms with Gasteiger partial charge in [0.05, 0.1) is 6.54 Å². The van der Waals surface area contributed by atoms with E-state index in [4.69, 9.17) is 0 Å². The highest BCUT2D eigenvalue weighted by Gasteiger charge is 2.05. The highest BCUT2D eigenvalue weighted by Crippen LogP contribution is 2.09. The van der Waals surface area contributed by atoms with E-state index in [1.54, 1.807) is 26.1 Å². The molecule has 0 aliphatic rings. The summed E-state index contributed by atoms with van der Waals surface area (Å²) in [5.74, 6) is 0.304. The molecule has 0 aliphatic carbocycles. The Morgan fingerprint density at radius 1 is 1.12 bits per heavy atom. The van der Waals surface area contributed by atoms with Crippen LogP contribution in [0, 0.1) is 12.7 Å². The molecule has 3 N–H and O–H groups in total. The lowest BCUT2D eigenvalue weighted by molar-refractivity contribution is 0.0963. The number of carbonyl (C=O) groups is 1. The van der Waals surface area contributed by atoms with E-state index in [1.165, 1.54) is 6.07 Å². The molecule has 0 bridgehead atoms. The highest BCUT2D eigenvalue weighted by atomic mass is 19.1. The van der Waals surface area contributed by atoms with Gasteiger partial charge in [0, 0.05) is 25.7 Å². The molecule has 0 unspecified atom stereocenters. The van der Waals surface area contributed by atoms with Crippen LogP contribution in [0.3, 0.4) is 0 Å². The third-order valence-corrected chi connectivity index (χ3v) is 3.88. The Kier molecular flexibility index (Phi) is 7.14. The molecule has 0 aromatic heterocycles. The van der Waals surface area contributed by atoms with Gasteiger partial charge >= 0.3 is 0 Å². The Morgan fingerprint density at radius 2 is 1.92 bits per heavy atom. The van der Waals surface area contributed by atoms with Gasteiger partial charge in [-0.2, -0.15) is 0 Å². The lowest BCUT2D eigenvalue weighted by Crippen LogP contribution is -2.36. The maximum absolute atomic E-state index is 13.6. The van der Waals surface area contributed by atoms with Gasteiger partial charge in [-0.3, -0.25) is 4.79 Å². The fourth-order valence-corrected chi connectivity index (χ4v) is 2.40. The molecule has 2 rings (SSSR count). The van der Waals surface area contributed by atoms with E-state index in [9.17, 15) is 9.18 Å². The predicted octanol–water partition coefficient (Wildman–Crippen LogP) is 2.75. The Morgan fingerprint density at radius 3 is 2.62 bits per heavy atom. The van der Waals surface area contributed by atoms with Crippen molar-refractivity contribution in [2.75, 3.05) is 13.6 Å². The van der Waals surface area contributed by atoms with Gasteiger partial charge in [0.1, 0.15) is 5.82 Å². The maximum Gasteiger partial charge on any atom is 0.251 e. The van der Waals surface area contributed by atoms with Crippen LogP contribution in [-0.4, -0.2) is 25.5 Å². The molecule has 1 amide bonds. The number of halogens is 1. The average Bonchev–Trinajstić information content (AvgIpc) is 2.66. The van der Waals surface area contributed by atoms with Crippen LogP contribution in [0.2, 0.25) is 0 Å². The zero-order valence-electron chi connectivity index (χ0n) is 15.4. The number of amides is 1. The van der Waals surface area contributed by atoms with Crippen LogP contribution in [0.15, 0.2) is 47.5 Å². The van der Waals surface area contributed by atoms with E-state index in [1.807, 2.05) is 31.2 Å². The predicted molar refractivity (Wildman–Crippen MR) is 103 cm³/mol. The van der Waals surface area contributed by atoms with Crippen LogP contribution < -0.4 is 16.0 Å². The summed E-state index contributed by atoms with van der Waals surface area (Å²) < 4.78 is 13.6. The molecular weight excluding hydrogens is 331 g/mol. The number of benzene rings is 2. The molecule has 0 atom stereocenters. The first kappa shape index (κ1) is 19.4. The molecule has 0 radical (unpaired) electrons. The van der Waals surface area contributed by atoms with E-state index < -0.39 is 0 Å². The molecule has 0 heterocycles. The lowest BCUT2D eigenvalue weighted by atomic mass is 10.1. The average molecular weight is 356 g/mol. The molecule has 5 nitrogen and oxygen atoms in total. The number of nitrogens with zero attached hydrogens (tertiary/aromatic N) is 1. The summed E-state index contributed by atoms with van der Waals surface area (Å²) in [7, 11) is 1.61. The molecule has 26 heavy (non-hydrogen) atoms. The number of carbonyl (C=O) groups excluding carboxylic acids is 1. The first-order valence-corrected chi connectivity index (χ1v) is 8.61. The summed E-state index contributed by atoms with van der Waals surface area (Å²) in [5, 5.41) is 8.97. The first-order valence-electron chi connectivity index (χ1n) is 8.61. The fraction of sp³-hybridized carbons (Fsp3) is 0.300. The largest absolute Gasteiger partial charge is 0.357 e. The molecule has 0 saturated heterocycles. The second-order valence-electron chi connectivity index (χ2n) is 5.91. The second kappa shape index (κ2) is 9.56. The zero-order chi connectivity index (χ0) is 18.9. The molecule has 2 aromatic rings. The number of hydrogen-bond donors (Lipinski definition) is 3. The highest BCUT2D eigenvalue weighted by molar-refractivity contribution is 5.94. The Balaban J connectivity index is 2.04. The quantitative estimate of drug-likeness (QED) is 0.551. The van der Waals surface area contributed by atoms with Crippen molar-refractivity contribution in [3.63, 3.8) is 0 Å². The van der Waals surface area contributed by atoms with Gasteiger partial charge in [0.25, 0.3) is 5.91 Å². The smallest absolute Gasteiger partial charge is 0.251 e. The normalized spacial score (nSPS) is 11.2. The van der Waals surface area contributed by atoms with Crippen molar-refractivity contribution in [1.82, 2.24) is 16.0 Å². The maximum atomic E-state index is 13.6. The Labute approximate surface area is 153 Å². The van der Waals surface area contributed by atoms with Crippen LogP contribution in [0.4, 0.5) is 4.39 Å². The number of aliphatic imine (C=N–C) groups is 1. The third-order valence-electron chi connectivity index (χ3n) is 3.88. The lowest BCUT2D eigenvalue weighted by Gasteiger charge is -2.12. The molecule has 2 aromatic carbocycles. The van der Waals surface area contributed by atoms with Crippen LogP contribution >= 0.6 is 0 Å². The van der Waals surface area contributed by atoms with Crippen molar-refractivity contribution >= 4 is 11.9 Å². The van der Waals surface area contributed by atoms with Gasteiger partial charge in [0.2, 0.25) is 0 Å². The minimum atomic E-state index is -0.211. The van der Waals surface area contributed by atoms with Gasteiger partial charge < -0.3 is 16.0 Å². The summed E-state index contributed by atoms with van der Waals surface area (Å²) in [6, 6.07) is 12.5. The monoisotopic (exact) mass is 356 g/mol. The van der Waals surface area contributed by atoms with Crippen molar-refractivity contribution in [3.05, 3.63) is 70.5 Å². The second-order valence-corrected chi connectivity index (χ2v) is 5.91. The van der Waals surface area contributed by atoms with Crippen molar-refractivity contribution in [3.8, 4) is 0 Å². The van der Waals surface area contributed by atoms with E-state index in [-0.39, 0.29) is 11.7 Å². The number of hydrogen-bond acceptors (Lipinski definition) is 2. The third kappa shape index (κ3) is 5.58. The van der Waals surface area contributed by atoms with Crippen LogP contribution in [0.25, 0.3) is 0 Å². The van der Waals surface area contributed by atoms with E-state index in [0.717, 1.165) is 11.1 Å². The van der Waals surface area contributed by atoms with Crippen molar-refractivity contribution in [2.24, 2.45) is 4.99 Å². The van der Waals surface area contributed by atoms with Crippen molar-refractivity contribution in [1.29, 1.82) is 0 Å². The summed E-state index contributed by atoms with van der Waals surface area (Å²) in [6.45, 7) is 5.34. The van der Waals surface area contributed by atoms with E-state index >= 15 is 0 Å². The number of guanidine groups is 1. The molecule has 0 spiro atoms. The molecular formula is C20H25FN4O. The topological polar surface area (TPSA) is 65.5 Å². The van der Waals surface area contributed by atoms with Gasteiger partial charge in [-0.1, -0.05) is 24.3 Å². The van der Waals surface area contributed by atoms with Gasteiger partial charge in [-0.25, -0.2) is 9.38 Å². The number of nitrogens with one attached hydrogen (secondary N) is 3. The summed E-state index contributed by atoms with van der Waals surface area (Å²) >= 11 is 0. The number of aryl methyl sites for hydroxylation is 1. The molecule has 0 aliphatic heterocycles. The molecule has 0 saturated carbocycles. The molecule has 6 heteroatoms. The Hall–Kier alpha value is -2.89. The van der Waals surface area contributed by atoms with Gasteiger partial charge in [-0.15, -0.1) is 0 Å². The first-order chi connectivity index (χ1) is 12.5. The molecule has 0 fully saturated rings. The summed E-state index contributed by atoms with van der Waals surface area (Å²) in [5.41, 5.74) is 3.02.